The Morgan fingerprint density at radius 1 is 0.706 bits per heavy atom. The van der Waals surface area contributed by atoms with Crippen molar-refractivity contribution in [2.24, 2.45) is 5.92 Å². The molecule has 2 heteroatoms. The van der Waals surface area contributed by atoms with Crippen LogP contribution in [0.4, 0.5) is 0 Å². The fourth-order valence-electron chi connectivity index (χ4n) is 4.26. The summed E-state index contributed by atoms with van der Waals surface area (Å²) in [5.41, 5.74) is 0. The SMILES string of the molecule is C1CCN(CC2CCCN3CCCCC23)CC1. The van der Waals surface area contributed by atoms with Gasteiger partial charge in [0, 0.05) is 12.6 Å². The second-order valence-electron chi connectivity index (χ2n) is 6.36. The van der Waals surface area contributed by atoms with Gasteiger partial charge in [0.2, 0.25) is 0 Å². The summed E-state index contributed by atoms with van der Waals surface area (Å²) in [5.74, 6) is 0.988. The molecule has 0 amide bonds. The van der Waals surface area contributed by atoms with Gasteiger partial charge in [0.25, 0.3) is 0 Å². The number of likely N-dealkylation sites (tertiary alicyclic amines) is 1. The molecule has 3 saturated heterocycles. The zero-order valence-electron chi connectivity index (χ0n) is 11.2. The molecule has 0 aromatic heterocycles. The predicted octanol–water partition coefficient (Wildman–Crippen LogP) is 2.74. The molecule has 0 aromatic rings. The summed E-state index contributed by atoms with van der Waals surface area (Å²) in [6.45, 7) is 6.94. The van der Waals surface area contributed by atoms with E-state index in [4.69, 9.17) is 0 Å². The van der Waals surface area contributed by atoms with Crippen LogP contribution in [0.1, 0.15) is 51.4 Å². The van der Waals surface area contributed by atoms with E-state index < -0.39 is 0 Å². The van der Waals surface area contributed by atoms with Gasteiger partial charge in [-0.1, -0.05) is 12.8 Å². The van der Waals surface area contributed by atoms with E-state index in [-0.39, 0.29) is 0 Å². The number of hydrogen-bond acceptors (Lipinski definition) is 2. The van der Waals surface area contributed by atoms with Gasteiger partial charge in [-0.15, -0.1) is 0 Å². The Morgan fingerprint density at radius 2 is 1.47 bits per heavy atom. The quantitative estimate of drug-likeness (QED) is 0.727. The van der Waals surface area contributed by atoms with E-state index in [9.17, 15) is 0 Å². The normalized spacial score (nSPS) is 36.7. The van der Waals surface area contributed by atoms with Crippen LogP contribution in [-0.4, -0.2) is 48.6 Å². The standard InChI is InChI=1S/C15H28N2/c1-3-9-16(10-4-1)13-14-7-6-12-17-11-5-2-8-15(14)17/h14-15H,1-13H2. The summed E-state index contributed by atoms with van der Waals surface area (Å²) in [6, 6.07) is 0.944. The van der Waals surface area contributed by atoms with Gasteiger partial charge in [-0.3, -0.25) is 0 Å². The number of piperidine rings is 3. The topological polar surface area (TPSA) is 6.48 Å². The molecule has 0 spiro atoms. The van der Waals surface area contributed by atoms with Crippen LogP contribution in [0.15, 0.2) is 0 Å². The van der Waals surface area contributed by atoms with Gasteiger partial charge in [0.15, 0.2) is 0 Å². The van der Waals surface area contributed by atoms with Crippen molar-refractivity contribution in [1.29, 1.82) is 0 Å². The van der Waals surface area contributed by atoms with E-state index in [1.54, 1.807) is 0 Å². The van der Waals surface area contributed by atoms with Crippen molar-refractivity contribution in [1.82, 2.24) is 9.80 Å². The molecule has 0 aliphatic carbocycles. The maximum atomic E-state index is 2.81. The molecule has 0 saturated carbocycles. The Labute approximate surface area is 106 Å². The first-order valence-electron chi connectivity index (χ1n) is 7.90. The first-order valence-corrected chi connectivity index (χ1v) is 7.90. The number of fused-ring (bicyclic) bond motifs is 1. The van der Waals surface area contributed by atoms with Crippen LogP contribution in [0.2, 0.25) is 0 Å². The third-order valence-corrected chi connectivity index (χ3v) is 5.17. The summed E-state index contributed by atoms with van der Waals surface area (Å²) in [6.07, 6.45) is 11.7. The average Bonchev–Trinajstić information content (AvgIpc) is 2.40. The zero-order valence-corrected chi connectivity index (χ0v) is 11.2. The minimum atomic E-state index is 0.944. The highest BCUT2D eigenvalue weighted by atomic mass is 15.2. The Bertz CT molecular complexity index is 233. The molecule has 17 heavy (non-hydrogen) atoms. The van der Waals surface area contributed by atoms with E-state index in [0.717, 1.165) is 12.0 Å². The van der Waals surface area contributed by atoms with Crippen LogP contribution in [0.3, 0.4) is 0 Å². The molecule has 2 nitrogen and oxygen atoms in total. The maximum Gasteiger partial charge on any atom is 0.0136 e. The molecule has 2 unspecified atom stereocenters. The van der Waals surface area contributed by atoms with Gasteiger partial charge >= 0.3 is 0 Å². The highest BCUT2D eigenvalue weighted by Gasteiger charge is 2.33. The van der Waals surface area contributed by atoms with Gasteiger partial charge in [-0.2, -0.15) is 0 Å². The first-order chi connectivity index (χ1) is 8.43. The van der Waals surface area contributed by atoms with E-state index in [1.165, 1.54) is 84.1 Å². The molecular formula is C15H28N2. The maximum absolute atomic E-state index is 2.81. The molecule has 3 aliphatic rings. The van der Waals surface area contributed by atoms with Crippen molar-refractivity contribution in [3.05, 3.63) is 0 Å². The molecule has 0 bridgehead atoms. The highest BCUT2D eigenvalue weighted by Crippen LogP contribution is 2.31. The summed E-state index contributed by atoms with van der Waals surface area (Å²) in [5, 5.41) is 0. The van der Waals surface area contributed by atoms with E-state index >= 15 is 0 Å². The van der Waals surface area contributed by atoms with Crippen LogP contribution in [0, 0.1) is 5.92 Å². The second kappa shape index (κ2) is 5.71. The predicted molar refractivity (Wildman–Crippen MR) is 72.2 cm³/mol. The second-order valence-corrected chi connectivity index (χ2v) is 6.36. The van der Waals surface area contributed by atoms with Crippen LogP contribution in [-0.2, 0) is 0 Å². The number of rotatable bonds is 2. The van der Waals surface area contributed by atoms with Gasteiger partial charge in [-0.05, 0) is 70.6 Å². The van der Waals surface area contributed by atoms with Gasteiger partial charge in [-0.25, -0.2) is 0 Å². The summed E-state index contributed by atoms with van der Waals surface area (Å²) in [7, 11) is 0. The van der Waals surface area contributed by atoms with Crippen LogP contribution < -0.4 is 0 Å². The molecule has 3 rings (SSSR count). The van der Waals surface area contributed by atoms with Crippen molar-refractivity contribution in [2.75, 3.05) is 32.7 Å². The molecule has 2 atom stereocenters. The highest BCUT2D eigenvalue weighted by molar-refractivity contribution is 4.88. The lowest BCUT2D eigenvalue weighted by molar-refractivity contribution is 0.0371. The molecule has 3 heterocycles. The lowest BCUT2D eigenvalue weighted by atomic mass is 9.83. The lowest BCUT2D eigenvalue weighted by Gasteiger charge is -2.46. The molecular weight excluding hydrogens is 208 g/mol. The minimum absolute atomic E-state index is 0.944. The number of hydrogen-bond donors (Lipinski definition) is 0. The Kier molecular flexibility index (Phi) is 4.02. The van der Waals surface area contributed by atoms with E-state index in [1.807, 2.05) is 0 Å². The fraction of sp³-hybridized carbons (Fsp3) is 1.00. The molecule has 98 valence electrons. The third kappa shape index (κ3) is 2.85. The zero-order chi connectivity index (χ0) is 11.5. The summed E-state index contributed by atoms with van der Waals surface area (Å²) in [4.78, 5) is 5.56. The molecule has 0 radical (unpaired) electrons. The third-order valence-electron chi connectivity index (χ3n) is 5.17. The Balaban J connectivity index is 1.56. The molecule has 3 aliphatic heterocycles. The monoisotopic (exact) mass is 236 g/mol. The van der Waals surface area contributed by atoms with Crippen LogP contribution in [0.25, 0.3) is 0 Å². The molecule has 0 aromatic carbocycles. The smallest absolute Gasteiger partial charge is 0.0136 e. The van der Waals surface area contributed by atoms with Gasteiger partial charge < -0.3 is 9.80 Å². The Morgan fingerprint density at radius 3 is 2.35 bits per heavy atom. The lowest BCUT2D eigenvalue weighted by Crippen LogP contribution is -2.51. The summed E-state index contributed by atoms with van der Waals surface area (Å²) >= 11 is 0. The van der Waals surface area contributed by atoms with Crippen molar-refractivity contribution < 1.29 is 0 Å². The fourth-order valence-corrected chi connectivity index (χ4v) is 4.26. The largest absolute Gasteiger partial charge is 0.303 e. The van der Waals surface area contributed by atoms with Crippen molar-refractivity contribution in [2.45, 2.75) is 57.4 Å². The average molecular weight is 236 g/mol. The molecule has 3 fully saturated rings. The number of nitrogens with zero attached hydrogens (tertiary/aromatic N) is 2. The van der Waals surface area contributed by atoms with Gasteiger partial charge in [0.05, 0.1) is 0 Å². The van der Waals surface area contributed by atoms with Crippen LogP contribution >= 0.6 is 0 Å². The molecule has 0 N–H and O–H groups in total. The van der Waals surface area contributed by atoms with Crippen LogP contribution in [0.5, 0.6) is 0 Å². The van der Waals surface area contributed by atoms with E-state index in [2.05, 4.69) is 9.80 Å². The Hall–Kier alpha value is -0.0800. The minimum Gasteiger partial charge on any atom is -0.303 e. The van der Waals surface area contributed by atoms with E-state index in [0.29, 0.717) is 0 Å². The van der Waals surface area contributed by atoms with Gasteiger partial charge in [0.1, 0.15) is 0 Å². The summed E-state index contributed by atoms with van der Waals surface area (Å²) < 4.78 is 0. The van der Waals surface area contributed by atoms with Crippen molar-refractivity contribution in [3.63, 3.8) is 0 Å². The van der Waals surface area contributed by atoms with Crippen molar-refractivity contribution in [3.8, 4) is 0 Å². The van der Waals surface area contributed by atoms with Crippen molar-refractivity contribution >= 4 is 0 Å². The first kappa shape index (κ1) is 12.0.